The van der Waals surface area contributed by atoms with Crippen LogP contribution < -0.4 is 5.32 Å². The molecule has 0 radical (unpaired) electrons. The van der Waals surface area contributed by atoms with Crippen molar-refractivity contribution in [1.82, 2.24) is 0 Å². The number of anilines is 2. The van der Waals surface area contributed by atoms with Crippen LogP contribution in [0, 0.1) is 0 Å². The number of fused-ring (bicyclic) bond motifs is 13. The van der Waals surface area contributed by atoms with Crippen LogP contribution in [0.5, 0.6) is 0 Å². The summed E-state index contributed by atoms with van der Waals surface area (Å²) >= 11 is 0.382. The van der Waals surface area contributed by atoms with Gasteiger partial charge in [0.05, 0.1) is 0 Å². The normalized spacial score (nSPS) is 13.8. The van der Waals surface area contributed by atoms with E-state index < -0.39 is 0 Å². The Labute approximate surface area is 233 Å². The Balaban J connectivity index is 1.30. The molecule has 0 fully saturated rings. The summed E-state index contributed by atoms with van der Waals surface area (Å²) in [4.78, 5) is 0. The topological polar surface area (TPSA) is 12.0 Å². The van der Waals surface area contributed by atoms with Crippen LogP contribution in [-0.4, -0.2) is 14.5 Å². The van der Waals surface area contributed by atoms with Gasteiger partial charge in [0.1, 0.15) is 0 Å². The first-order valence-corrected chi connectivity index (χ1v) is 15.2. The fraction of sp³-hybridized carbons (Fsp3) is 0.0270. The Kier molecular flexibility index (Phi) is 4.33. The van der Waals surface area contributed by atoms with Gasteiger partial charge in [-0.05, 0) is 0 Å². The third kappa shape index (κ3) is 2.75. The average molecular weight is 561 g/mol. The van der Waals surface area contributed by atoms with Gasteiger partial charge in [0.25, 0.3) is 0 Å². The van der Waals surface area contributed by atoms with Gasteiger partial charge in [0, 0.05) is 0 Å². The summed E-state index contributed by atoms with van der Waals surface area (Å²) in [5.74, 6) is 0. The van der Waals surface area contributed by atoms with Crippen LogP contribution in [-0.2, 0) is 5.41 Å². The number of benzene rings is 6. The van der Waals surface area contributed by atoms with E-state index in [4.69, 9.17) is 0 Å². The molecule has 1 aromatic heterocycles. The van der Waals surface area contributed by atoms with Gasteiger partial charge in [-0.1, -0.05) is 12.1 Å². The van der Waals surface area contributed by atoms with Crippen LogP contribution in [0.3, 0.4) is 0 Å². The average Bonchev–Trinajstić information content (AvgIpc) is 3.62. The second-order valence-electron chi connectivity index (χ2n) is 10.5. The molecule has 6 aromatic carbocycles. The molecule has 0 unspecified atom stereocenters. The molecule has 7 aromatic rings. The number of hydrogen-bond acceptors (Lipinski definition) is 1. The second kappa shape index (κ2) is 7.83. The zero-order valence-corrected chi connectivity index (χ0v) is 22.8. The fourth-order valence-electron chi connectivity index (χ4n) is 7.21. The quantitative estimate of drug-likeness (QED) is 0.208. The molecule has 0 atom stereocenters. The number of rotatable bonds is 2. The van der Waals surface area contributed by atoms with Crippen molar-refractivity contribution in [3.8, 4) is 22.3 Å². The molecule has 1 nitrogen and oxygen atoms in total. The molecule has 0 bridgehead atoms. The fourth-order valence-corrected chi connectivity index (χ4v) is 9.49. The summed E-state index contributed by atoms with van der Waals surface area (Å²) < 4.78 is 2.95. The molecular formula is C37H23NSe. The molecule has 0 saturated heterocycles. The molecule has 2 aliphatic carbocycles. The van der Waals surface area contributed by atoms with Crippen molar-refractivity contribution in [2.45, 2.75) is 5.41 Å². The van der Waals surface area contributed by atoms with Crippen LogP contribution in [0.1, 0.15) is 22.3 Å². The molecule has 39 heavy (non-hydrogen) atoms. The van der Waals surface area contributed by atoms with E-state index in [0.717, 1.165) is 11.4 Å². The van der Waals surface area contributed by atoms with E-state index in [0.29, 0.717) is 14.5 Å². The number of hydrogen-bond donors (Lipinski definition) is 1. The Hall–Kier alpha value is -4.36. The van der Waals surface area contributed by atoms with E-state index in [1.807, 2.05) is 0 Å². The molecule has 0 aliphatic heterocycles. The van der Waals surface area contributed by atoms with Crippen LogP contribution in [0.25, 0.3) is 41.5 Å². The summed E-state index contributed by atoms with van der Waals surface area (Å²) in [7, 11) is 0. The molecule has 2 heteroatoms. The van der Waals surface area contributed by atoms with Gasteiger partial charge >= 0.3 is 222 Å². The summed E-state index contributed by atoms with van der Waals surface area (Å²) in [5.41, 5.74) is 12.8. The van der Waals surface area contributed by atoms with Gasteiger partial charge in [-0.25, -0.2) is 0 Å². The molecule has 1 spiro atoms. The predicted octanol–water partition coefficient (Wildman–Crippen LogP) is 9.14. The SMILES string of the molecule is c1ccc2c(c1)-c1ccccc1C21c2ccccc2-c2c(Nc3ccc4[se]c5ccccc5c4c3)cccc21. The number of nitrogens with one attached hydrogen (secondary N) is 1. The first-order chi connectivity index (χ1) is 19.3. The predicted molar refractivity (Wildman–Crippen MR) is 164 cm³/mol. The van der Waals surface area contributed by atoms with Crippen molar-refractivity contribution in [2.24, 2.45) is 0 Å². The van der Waals surface area contributed by atoms with Gasteiger partial charge in [-0.2, -0.15) is 0 Å². The van der Waals surface area contributed by atoms with Crippen molar-refractivity contribution >= 4 is 45.2 Å². The van der Waals surface area contributed by atoms with Crippen molar-refractivity contribution in [3.05, 3.63) is 156 Å². The first-order valence-electron chi connectivity index (χ1n) is 13.4. The molecule has 0 amide bonds. The van der Waals surface area contributed by atoms with Gasteiger partial charge in [-0.15, -0.1) is 0 Å². The summed E-state index contributed by atoms with van der Waals surface area (Å²) in [6, 6.07) is 49.6. The zero-order valence-electron chi connectivity index (χ0n) is 21.1. The molecular weight excluding hydrogens is 537 g/mol. The van der Waals surface area contributed by atoms with E-state index in [1.54, 1.807) is 0 Å². The molecule has 1 heterocycles. The van der Waals surface area contributed by atoms with Crippen molar-refractivity contribution in [2.75, 3.05) is 5.32 Å². The second-order valence-corrected chi connectivity index (χ2v) is 12.8. The summed E-state index contributed by atoms with van der Waals surface area (Å²) in [5, 5.41) is 6.63. The van der Waals surface area contributed by atoms with E-state index >= 15 is 0 Å². The van der Waals surface area contributed by atoms with Crippen molar-refractivity contribution in [3.63, 3.8) is 0 Å². The van der Waals surface area contributed by atoms with E-state index in [2.05, 4.69) is 139 Å². The zero-order chi connectivity index (χ0) is 25.6. The molecule has 0 saturated carbocycles. The maximum absolute atomic E-state index is 3.87. The van der Waals surface area contributed by atoms with Crippen LogP contribution in [0.15, 0.2) is 133 Å². The molecule has 1 N–H and O–H groups in total. The molecule has 9 rings (SSSR count). The first kappa shape index (κ1) is 21.6. The Morgan fingerprint density at radius 1 is 0.462 bits per heavy atom. The van der Waals surface area contributed by atoms with Gasteiger partial charge in [0.2, 0.25) is 0 Å². The summed E-state index contributed by atoms with van der Waals surface area (Å²) in [6.45, 7) is 0. The van der Waals surface area contributed by atoms with Gasteiger partial charge in [0.15, 0.2) is 0 Å². The minimum absolute atomic E-state index is 0.309. The minimum atomic E-state index is -0.309. The Morgan fingerprint density at radius 3 is 1.82 bits per heavy atom. The third-order valence-electron chi connectivity index (χ3n) is 8.68. The third-order valence-corrected chi connectivity index (χ3v) is 11.1. The van der Waals surface area contributed by atoms with Gasteiger partial charge in [-0.3, -0.25) is 0 Å². The standard InChI is InChI=1S/C37H23NSe/c1-5-14-29-24(10-1)25-11-2-6-15-30(25)37(29)31-16-7-3-13-27(31)36-32(37)17-9-18-33(36)38-23-20-21-35-28(22-23)26-12-4-8-19-34(26)39-35/h1-22,38H. The van der Waals surface area contributed by atoms with Crippen molar-refractivity contribution < 1.29 is 0 Å². The Morgan fingerprint density at radius 2 is 1.05 bits per heavy atom. The van der Waals surface area contributed by atoms with Crippen molar-refractivity contribution in [1.29, 1.82) is 0 Å². The molecule has 2 aliphatic rings. The monoisotopic (exact) mass is 561 g/mol. The van der Waals surface area contributed by atoms with Crippen LogP contribution in [0.4, 0.5) is 11.4 Å². The van der Waals surface area contributed by atoms with Crippen LogP contribution in [0.2, 0.25) is 0 Å². The van der Waals surface area contributed by atoms with E-state index in [-0.39, 0.29) is 5.41 Å². The maximum atomic E-state index is 3.87. The summed E-state index contributed by atoms with van der Waals surface area (Å²) in [6.07, 6.45) is 0. The molecule has 182 valence electrons. The van der Waals surface area contributed by atoms with E-state index in [9.17, 15) is 0 Å². The Bertz CT molecular complexity index is 2070. The van der Waals surface area contributed by atoms with Gasteiger partial charge < -0.3 is 0 Å². The van der Waals surface area contributed by atoms with Crippen LogP contribution >= 0.6 is 0 Å². The van der Waals surface area contributed by atoms with E-state index in [1.165, 1.54) is 63.8 Å².